The van der Waals surface area contributed by atoms with Crippen molar-refractivity contribution in [2.45, 2.75) is 78.2 Å². The lowest BCUT2D eigenvalue weighted by molar-refractivity contribution is 0.0980. The van der Waals surface area contributed by atoms with Crippen molar-refractivity contribution < 1.29 is 8.85 Å². The van der Waals surface area contributed by atoms with Crippen molar-refractivity contribution in [3.8, 4) is 11.1 Å². The maximum Gasteiger partial charge on any atom is 0.184 e. The van der Waals surface area contributed by atoms with Gasteiger partial charge in [0, 0.05) is 20.1 Å². The number of benzene rings is 2. The predicted octanol–water partition coefficient (Wildman–Crippen LogP) is 9.05. The SMILES string of the molecule is CC(C)(O[Si](C)(C)C)c1cccc(Br)c1-c1c(Br)cccc1C(C)(C)O[Si](C)(C)C. The Balaban J connectivity index is 2.81. The predicted molar refractivity (Wildman–Crippen MR) is 142 cm³/mol. The van der Waals surface area contributed by atoms with E-state index in [4.69, 9.17) is 8.85 Å². The summed E-state index contributed by atoms with van der Waals surface area (Å²) in [5.74, 6) is 0. The second kappa shape index (κ2) is 8.95. The van der Waals surface area contributed by atoms with Gasteiger partial charge in [0.1, 0.15) is 0 Å². The quantitative estimate of drug-likeness (QED) is 0.308. The number of hydrogen-bond acceptors (Lipinski definition) is 2. The fraction of sp³-hybridized carbons (Fsp3) is 0.500. The molecule has 2 aromatic rings. The maximum absolute atomic E-state index is 6.65. The van der Waals surface area contributed by atoms with Gasteiger partial charge >= 0.3 is 0 Å². The average molecular weight is 573 g/mol. The molecule has 0 heterocycles. The molecule has 6 heteroatoms. The van der Waals surface area contributed by atoms with Gasteiger partial charge in [0.15, 0.2) is 16.6 Å². The van der Waals surface area contributed by atoms with Crippen molar-refractivity contribution in [1.29, 1.82) is 0 Å². The van der Waals surface area contributed by atoms with Crippen molar-refractivity contribution in [2.24, 2.45) is 0 Å². The zero-order valence-electron chi connectivity index (χ0n) is 20.0. The molecule has 0 unspecified atom stereocenters. The molecule has 0 aliphatic carbocycles. The van der Waals surface area contributed by atoms with Gasteiger partial charge in [-0.25, -0.2) is 0 Å². The summed E-state index contributed by atoms with van der Waals surface area (Å²) in [6.07, 6.45) is 0. The molecule has 2 nitrogen and oxygen atoms in total. The Kier molecular flexibility index (Phi) is 7.76. The highest BCUT2D eigenvalue weighted by molar-refractivity contribution is 9.11. The van der Waals surface area contributed by atoms with Crippen LogP contribution in [0.3, 0.4) is 0 Å². The van der Waals surface area contributed by atoms with E-state index in [2.05, 4.69) is 135 Å². The summed E-state index contributed by atoms with van der Waals surface area (Å²) >= 11 is 7.71. The molecule has 0 radical (unpaired) electrons. The van der Waals surface area contributed by atoms with Crippen LogP contribution in [-0.2, 0) is 20.1 Å². The van der Waals surface area contributed by atoms with E-state index in [1.807, 2.05) is 0 Å². The molecular weight excluding hydrogens is 536 g/mol. The highest BCUT2D eigenvalue weighted by Gasteiger charge is 2.36. The van der Waals surface area contributed by atoms with Crippen molar-refractivity contribution >= 4 is 48.5 Å². The summed E-state index contributed by atoms with van der Waals surface area (Å²) in [5, 5.41) is 0. The second-order valence-electron chi connectivity index (χ2n) is 10.8. The molecule has 0 N–H and O–H groups in total. The summed E-state index contributed by atoms with van der Waals surface area (Å²) in [6.45, 7) is 22.1. The molecule has 0 aromatic heterocycles. The molecular formula is C24H36Br2O2Si2. The highest BCUT2D eigenvalue weighted by Crippen LogP contribution is 2.47. The Bertz CT molecular complexity index is 835. The monoisotopic (exact) mass is 570 g/mol. The Morgan fingerprint density at radius 2 is 0.900 bits per heavy atom. The first-order valence-corrected chi connectivity index (χ1v) is 18.8. The first-order valence-electron chi connectivity index (χ1n) is 10.4. The van der Waals surface area contributed by atoms with Gasteiger partial charge in [0.2, 0.25) is 0 Å². The smallest absolute Gasteiger partial charge is 0.184 e. The lowest BCUT2D eigenvalue weighted by atomic mass is 9.84. The zero-order valence-corrected chi connectivity index (χ0v) is 25.2. The van der Waals surface area contributed by atoms with Crippen LogP contribution in [0, 0.1) is 0 Å². The molecule has 2 aromatic carbocycles. The third-order valence-electron chi connectivity index (χ3n) is 4.70. The third-order valence-corrected chi connectivity index (χ3v) is 8.26. The Labute approximate surface area is 202 Å². The second-order valence-corrected chi connectivity index (χ2v) is 21.3. The van der Waals surface area contributed by atoms with E-state index in [-0.39, 0.29) is 0 Å². The van der Waals surface area contributed by atoms with Gasteiger partial charge in [-0.1, -0.05) is 56.1 Å². The van der Waals surface area contributed by atoms with Crippen LogP contribution in [0.2, 0.25) is 39.3 Å². The van der Waals surface area contributed by atoms with Gasteiger partial charge in [-0.3, -0.25) is 0 Å². The van der Waals surface area contributed by atoms with Gasteiger partial charge in [-0.2, -0.15) is 0 Å². The van der Waals surface area contributed by atoms with E-state index in [9.17, 15) is 0 Å². The van der Waals surface area contributed by atoms with Crippen molar-refractivity contribution in [2.75, 3.05) is 0 Å². The van der Waals surface area contributed by atoms with Gasteiger partial charge < -0.3 is 8.85 Å². The van der Waals surface area contributed by atoms with Crippen LogP contribution in [-0.4, -0.2) is 16.6 Å². The van der Waals surface area contributed by atoms with Crippen molar-refractivity contribution in [3.63, 3.8) is 0 Å². The minimum Gasteiger partial charge on any atom is -0.409 e. The van der Waals surface area contributed by atoms with Gasteiger partial charge in [-0.15, -0.1) is 0 Å². The first kappa shape index (κ1) is 26.0. The lowest BCUT2D eigenvalue weighted by Gasteiger charge is -2.38. The molecule has 0 spiro atoms. The average Bonchev–Trinajstić information content (AvgIpc) is 2.50. The van der Waals surface area contributed by atoms with Crippen LogP contribution in [0.4, 0.5) is 0 Å². The fourth-order valence-corrected chi connectivity index (χ4v) is 8.61. The van der Waals surface area contributed by atoms with Crippen LogP contribution in [0.15, 0.2) is 45.3 Å². The Hall–Kier alpha value is -0.246. The standard InChI is InChI=1S/C24H36Br2O2Si2/c1-23(2,27-29(5,6)7)17-13-11-15-19(25)21(17)22-18(14-12-16-20(22)26)24(3,4)28-30(8,9)10/h11-16H,1-10H3. The number of halogens is 2. The summed E-state index contributed by atoms with van der Waals surface area (Å²) in [4.78, 5) is 0. The summed E-state index contributed by atoms with van der Waals surface area (Å²) in [5.41, 5.74) is 3.85. The largest absolute Gasteiger partial charge is 0.409 e. The molecule has 0 bridgehead atoms. The molecule has 0 aliphatic heterocycles. The van der Waals surface area contributed by atoms with Crippen LogP contribution in [0.1, 0.15) is 38.8 Å². The van der Waals surface area contributed by atoms with E-state index in [1.54, 1.807) is 0 Å². The van der Waals surface area contributed by atoms with Gasteiger partial charge in [0.25, 0.3) is 0 Å². The van der Waals surface area contributed by atoms with E-state index in [0.717, 1.165) is 20.1 Å². The minimum atomic E-state index is -1.76. The molecule has 0 fully saturated rings. The van der Waals surface area contributed by atoms with E-state index >= 15 is 0 Å². The molecule has 30 heavy (non-hydrogen) atoms. The lowest BCUT2D eigenvalue weighted by Crippen LogP contribution is -2.38. The minimum absolute atomic E-state index is 0.417. The molecule has 0 atom stereocenters. The number of rotatable bonds is 7. The fourth-order valence-electron chi connectivity index (χ4n) is 4.20. The van der Waals surface area contributed by atoms with E-state index in [1.165, 1.54) is 11.1 Å². The topological polar surface area (TPSA) is 18.5 Å². The highest BCUT2D eigenvalue weighted by atomic mass is 79.9. The molecule has 0 saturated heterocycles. The molecule has 0 aliphatic rings. The first-order chi connectivity index (χ1) is 13.4. The summed E-state index contributed by atoms with van der Waals surface area (Å²) in [7, 11) is -3.52. The molecule has 166 valence electrons. The van der Waals surface area contributed by atoms with Crippen molar-refractivity contribution in [1.82, 2.24) is 0 Å². The summed E-state index contributed by atoms with van der Waals surface area (Å²) < 4.78 is 15.4. The van der Waals surface area contributed by atoms with Gasteiger partial charge in [0.05, 0.1) is 11.2 Å². The van der Waals surface area contributed by atoms with E-state index < -0.39 is 27.8 Å². The number of hydrogen-bond donors (Lipinski definition) is 0. The van der Waals surface area contributed by atoms with Crippen LogP contribution < -0.4 is 0 Å². The normalized spacial score (nSPS) is 13.6. The van der Waals surface area contributed by atoms with Crippen LogP contribution >= 0.6 is 31.9 Å². The summed E-state index contributed by atoms with van der Waals surface area (Å²) in [6, 6.07) is 12.8. The zero-order chi connectivity index (χ0) is 23.1. The Morgan fingerprint density at radius 1 is 0.600 bits per heavy atom. The molecule has 0 saturated carbocycles. The van der Waals surface area contributed by atoms with Crippen molar-refractivity contribution in [3.05, 3.63) is 56.5 Å². The maximum atomic E-state index is 6.65. The van der Waals surface area contributed by atoms with Gasteiger partial charge in [-0.05, 0) is 90.2 Å². The van der Waals surface area contributed by atoms with Crippen LogP contribution in [0.5, 0.6) is 0 Å². The third kappa shape index (κ3) is 6.39. The molecule has 0 amide bonds. The van der Waals surface area contributed by atoms with Crippen LogP contribution in [0.25, 0.3) is 11.1 Å². The van der Waals surface area contributed by atoms with E-state index in [0.29, 0.717) is 0 Å². The Morgan fingerprint density at radius 3 is 1.17 bits per heavy atom. The molecule has 2 rings (SSSR count).